The molecule has 4 aromatic rings. The molecule has 1 N–H and O–H groups in total. The number of ether oxygens (including phenoxy) is 2. The summed E-state index contributed by atoms with van der Waals surface area (Å²) in [5.41, 5.74) is 5.42. The van der Waals surface area contributed by atoms with Gasteiger partial charge in [0.15, 0.2) is 6.61 Å². The largest absolute Gasteiger partial charge is 0.489 e. The first kappa shape index (κ1) is 21.1. The highest BCUT2D eigenvalue weighted by Crippen LogP contribution is 2.18. The van der Waals surface area contributed by atoms with Crippen LogP contribution in [-0.2, 0) is 11.4 Å². The third-order valence-corrected chi connectivity index (χ3v) is 4.95. The zero-order chi connectivity index (χ0) is 22.2. The van der Waals surface area contributed by atoms with E-state index in [-0.39, 0.29) is 12.5 Å². The number of hydrazone groups is 1. The Labute approximate surface area is 187 Å². The van der Waals surface area contributed by atoms with Crippen LogP contribution in [0.4, 0.5) is 0 Å². The number of nitrogens with one attached hydrogen (secondary N) is 1. The summed E-state index contributed by atoms with van der Waals surface area (Å²) in [5.74, 6) is 1.14. The first-order valence-electron chi connectivity index (χ1n) is 10.4. The zero-order valence-electron chi connectivity index (χ0n) is 17.8. The summed E-state index contributed by atoms with van der Waals surface area (Å²) < 4.78 is 11.4. The molecule has 0 aliphatic heterocycles. The Balaban J connectivity index is 1.24. The topological polar surface area (TPSA) is 59.9 Å². The van der Waals surface area contributed by atoms with Crippen LogP contribution < -0.4 is 14.9 Å². The highest BCUT2D eigenvalue weighted by atomic mass is 16.5. The smallest absolute Gasteiger partial charge is 0.277 e. The number of benzene rings is 4. The summed E-state index contributed by atoms with van der Waals surface area (Å²) in [6.45, 7) is 2.33. The highest BCUT2D eigenvalue weighted by Gasteiger charge is 2.03. The van der Waals surface area contributed by atoms with Gasteiger partial charge >= 0.3 is 0 Å². The van der Waals surface area contributed by atoms with Gasteiger partial charge in [-0.3, -0.25) is 4.79 Å². The molecule has 5 nitrogen and oxygen atoms in total. The lowest BCUT2D eigenvalue weighted by atomic mass is 10.1. The standard InChI is InChI=1S/C27H24N2O3/c1-20-6-2-5-9-26(20)32-19-27(30)29-28-17-21-11-14-25(15-12-21)31-18-22-10-13-23-7-3-4-8-24(23)16-22/h2-17H,18-19H2,1H3,(H,29,30)/b28-17-. The van der Waals surface area contributed by atoms with Gasteiger partial charge in [0.1, 0.15) is 18.1 Å². The lowest BCUT2D eigenvalue weighted by Crippen LogP contribution is -2.24. The second-order valence-electron chi connectivity index (χ2n) is 7.39. The molecule has 0 aliphatic rings. The van der Waals surface area contributed by atoms with Crippen LogP contribution in [-0.4, -0.2) is 18.7 Å². The maximum Gasteiger partial charge on any atom is 0.277 e. The van der Waals surface area contributed by atoms with Crippen molar-refractivity contribution in [2.24, 2.45) is 5.10 Å². The van der Waals surface area contributed by atoms with Crippen molar-refractivity contribution in [3.8, 4) is 11.5 Å². The molecule has 32 heavy (non-hydrogen) atoms. The fourth-order valence-corrected chi connectivity index (χ4v) is 3.22. The highest BCUT2D eigenvalue weighted by molar-refractivity contribution is 5.83. The quantitative estimate of drug-likeness (QED) is 0.310. The van der Waals surface area contributed by atoms with Crippen LogP contribution in [0.1, 0.15) is 16.7 Å². The molecule has 0 radical (unpaired) electrons. The molecule has 0 unspecified atom stereocenters. The Morgan fingerprint density at radius 1 is 0.875 bits per heavy atom. The summed E-state index contributed by atoms with van der Waals surface area (Å²) in [7, 11) is 0. The molecule has 0 saturated heterocycles. The second-order valence-corrected chi connectivity index (χ2v) is 7.39. The number of fused-ring (bicyclic) bond motifs is 1. The minimum absolute atomic E-state index is 0.0935. The summed E-state index contributed by atoms with van der Waals surface area (Å²) in [6, 6.07) is 29.7. The number of hydrogen-bond acceptors (Lipinski definition) is 4. The van der Waals surface area contributed by atoms with Crippen molar-refractivity contribution in [2.75, 3.05) is 6.61 Å². The molecule has 4 rings (SSSR count). The van der Waals surface area contributed by atoms with Crippen LogP contribution in [0.25, 0.3) is 10.8 Å². The van der Waals surface area contributed by atoms with Gasteiger partial charge in [-0.05, 0) is 70.8 Å². The van der Waals surface area contributed by atoms with Crippen molar-refractivity contribution in [3.05, 3.63) is 108 Å². The van der Waals surface area contributed by atoms with Crippen molar-refractivity contribution < 1.29 is 14.3 Å². The monoisotopic (exact) mass is 424 g/mol. The van der Waals surface area contributed by atoms with E-state index in [4.69, 9.17) is 9.47 Å². The Morgan fingerprint density at radius 3 is 2.44 bits per heavy atom. The SMILES string of the molecule is Cc1ccccc1OCC(=O)N/N=C\c1ccc(OCc2ccc3ccccc3c2)cc1. The van der Waals surface area contributed by atoms with Gasteiger partial charge in [-0.15, -0.1) is 0 Å². The van der Waals surface area contributed by atoms with Gasteiger partial charge in [-0.2, -0.15) is 5.10 Å². The third-order valence-electron chi connectivity index (χ3n) is 4.95. The predicted octanol–water partition coefficient (Wildman–Crippen LogP) is 5.26. The van der Waals surface area contributed by atoms with E-state index in [1.54, 1.807) is 6.21 Å². The molecular formula is C27H24N2O3. The first-order chi connectivity index (χ1) is 15.7. The molecular weight excluding hydrogens is 400 g/mol. The van der Waals surface area contributed by atoms with Crippen LogP contribution in [0.2, 0.25) is 0 Å². The predicted molar refractivity (Wildman–Crippen MR) is 127 cm³/mol. The van der Waals surface area contributed by atoms with Crippen LogP contribution in [0.3, 0.4) is 0 Å². The average Bonchev–Trinajstić information content (AvgIpc) is 2.83. The maximum atomic E-state index is 11.9. The molecule has 0 bridgehead atoms. The van der Waals surface area contributed by atoms with Crippen LogP contribution in [0.5, 0.6) is 11.5 Å². The maximum absolute atomic E-state index is 11.9. The summed E-state index contributed by atoms with van der Waals surface area (Å²) in [6.07, 6.45) is 1.58. The van der Waals surface area contributed by atoms with Gasteiger partial charge in [0, 0.05) is 0 Å². The fourth-order valence-electron chi connectivity index (χ4n) is 3.22. The van der Waals surface area contributed by atoms with Crippen LogP contribution in [0.15, 0.2) is 96.1 Å². The number of aryl methyl sites for hydroxylation is 1. The number of hydrogen-bond donors (Lipinski definition) is 1. The third kappa shape index (κ3) is 5.73. The zero-order valence-corrected chi connectivity index (χ0v) is 17.8. The van der Waals surface area contributed by atoms with Crippen molar-refractivity contribution in [1.82, 2.24) is 5.43 Å². The van der Waals surface area contributed by atoms with Crippen molar-refractivity contribution in [2.45, 2.75) is 13.5 Å². The van der Waals surface area contributed by atoms with Gasteiger partial charge in [0.05, 0.1) is 6.21 Å². The molecule has 160 valence electrons. The number of rotatable bonds is 8. The van der Waals surface area contributed by atoms with E-state index >= 15 is 0 Å². The number of amides is 1. The molecule has 0 heterocycles. The first-order valence-corrected chi connectivity index (χ1v) is 10.4. The molecule has 0 saturated carbocycles. The van der Waals surface area contributed by atoms with E-state index in [1.807, 2.05) is 67.6 Å². The Bertz CT molecular complexity index is 1230. The lowest BCUT2D eigenvalue weighted by Gasteiger charge is -2.08. The van der Waals surface area contributed by atoms with Crippen LogP contribution >= 0.6 is 0 Å². The summed E-state index contributed by atoms with van der Waals surface area (Å²) >= 11 is 0. The molecule has 0 atom stereocenters. The normalized spacial score (nSPS) is 10.9. The van der Waals surface area contributed by atoms with E-state index in [9.17, 15) is 4.79 Å². The molecule has 0 spiro atoms. The van der Waals surface area contributed by atoms with Gasteiger partial charge in [-0.25, -0.2) is 5.43 Å². The molecule has 1 amide bonds. The second kappa shape index (κ2) is 10.3. The van der Waals surface area contributed by atoms with Gasteiger partial charge < -0.3 is 9.47 Å². The Kier molecular flexibility index (Phi) is 6.78. The Hall–Kier alpha value is -4.12. The number of carbonyl (C=O) groups excluding carboxylic acids is 1. The number of nitrogens with zero attached hydrogens (tertiary/aromatic N) is 1. The molecule has 5 heteroatoms. The average molecular weight is 425 g/mol. The molecule has 0 aliphatic carbocycles. The lowest BCUT2D eigenvalue weighted by molar-refractivity contribution is -0.123. The number of para-hydroxylation sites is 1. The molecule has 4 aromatic carbocycles. The summed E-state index contributed by atoms with van der Waals surface area (Å²) in [5, 5.41) is 6.40. The van der Waals surface area contributed by atoms with Crippen molar-refractivity contribution in [1.29, 1.82) is 0 Å². The van der Waals surface area contributed by atoms with Crippen molar-refractivity contribution in [3.63, 3.8) is 0 Å². The van der Waals surface area contributed by atoms with Crippen molar-refractivity contribution >= 4 is 22.9 Å². The van der Waals surface area contributed by atoms with Crippen LogP contribution in [0, 0.1) is 6.92 Å². The van der Waals surface area contributed by atoms with E-state index < -0.39 is 0 Å². The number of carbonyl (C=O) groups is 1. The Morgan fingerprint density at radius 2 is 1.62 bits per heavy atom. The minimum Gasteiger partial charge on any atom is -0.489 e. The van der Waals surface area contributed by atoms with E-state index in [1.165, 1.54) is 10.8 Å². The fraction of sp³-hybridized carbons (Fsp3) is 0.111. The van der Waals surface area contributed by atoms with E-state index in [2.05, 4.69) is 40.9 Å². The molecule has 0 aromatic heterocycles. The summed E-state index contributed by atoms with van der Waals surface area (Å²) in [4.78, 5) is 11.9. The van der Waals surface area contributed by atoms with E-state index in [0.29, 0.717) is 12.4 Å². The van der Waals surface area contributed by atoms with Gasteiger partial charge in [0.25, 0.3) is 5.91 Å². The van der Waals surface area contributed by atoms with Gasteiger partial charge in [-0.1, -0.05) is 54.6 Å². The van der Waals surface area contributed by atoms with Gasteiger partial charge in [0.2, 0.25) is 0 Å². The van der Waals surface area contributed by atoms with E-state index in [0.717, 1.165) is 22.4 Å². The molecule has 0 fully saturated rings. The minimum atomic E-state index is -0.320.